The van der Waals surface area contributed by atoms with Crippen LogP contribution in [-0.4, -0.2) is 50.9 Å². The number of carbonyl (C=O) groups excluding carboxylic acids is 4. The van der Waals surface area contributed by atoms with Crippen molar-refractivity contribution in [3.05, 3.63) is 46.1 Å². The predicted octanol–water partition coefficient (Wildman–Crippen LogP) is 0.0791. The van der Waals surface area contributed by atoms with E-state index < -0.39 is 29.7 Å². The highest BCUT2D eigenvalue weighted by Gasteiger charge is 2.45. The first kappa shape index (κ1) is 19.4. The van der Waals surface area contributed by atoms with E-state index in [0.717, 1.165) is 41.5 Å². The van der Waals surface area contributed by atoms with Gasteiger partial charge in [-0.25, -0.2) is 0 Å². The third kappa shape index (κ3) is 3.10. The van der Waals surface area contributed by atoms with E-state index in [2.05, 4.69) is 21.0 Å². The Bertz CT molecular complexity index is 1140. The first-order valence-corrected chi connectivity index (χ1v) is 10.3. The van der Waals surface area contributed by atoms with E-state index in [-0.39, 0.29) is 18.4 Å². The molecule has 10 heteroatoms. The first-order chi connectivity index (χ1) is 15.0. The van der Waals surface area contributed by atoms with E-state index in [1.807, 2.05) is 11.7 Å². The van der Waals surface area contributed by atoms with Gasteiger partial charge in [-0.2, -0.15) is 5.10 Å². The van der Waals surface area contributed by atoms with Crippen LogP contribution in [0.3, 0.4) is 0 Å². The maximum Gasteiger partial charge on any atom is 0.262 e. The van der Waals surface area contributed by atoms with Crippen molar-refractivity contribution < 1.29 is 19.2 Å². The van der Waals surface area contributed by atoms with Gasteiger partial charge in [0, 0.05) is 32.1 Å². The van der Waals surface area contributed by atoms with Crippen LogP contribution in [0.15, 0.2) is 18.2 Å². The smallest absolute Gasteiger partial charge is 0.262 e. The average molecular weight is 422 g/mol. The topological polar surface area (TPSA) is 125 Å². The number of aromatic nitrogens is 2. The molecule has 3 aliphatic rings. The lowest BCUT2D eigenvalue weighted by atomic mass is 10.0. The summed E-state index contributed by atoms with van der Waals surface area (Å²) >= 11 is 0. The zero-order chi connectivity index (χ0) is 21.7. The number of anilines is 1. The normalized spacial score (nSPS) is 20.5. The Balaban J connectivity index is 1.41. The molecule has 31 heavy (non-hydrogen) atoms. The van der Waals surface area contributed by atoms with Crippen LogP contribution >= 0.6 is 0 Å². The quantitative estimate of drug-likeness (QED) is 0.596. The Morgan fingerprint density at radius 2 is 2.00 bits per heavy atom. The van der Waals surface area contributed by atoms with Crippen molar-refractivity contribution in [2.24, 2.45) is 7.05 Å². The van der Waals surface area contributed by atoms with E-state index in [4.69, 9.17) is 0 Å². The lowest BCUT2D eigenvalue weighted by molar-refractivity contribution is -0.136. The molecule has 4 amide bonds. The highest BCUT2D eigenvalue weighted by atomic mass is 16.2. The molecule has 1 aromatic heterocycles. The minimum Gasteiger partial charge on any atom is -0.364 e. The second kappa shape index (κ2) is 7.31. The van der Waals surface area contributed by atoms with Gasteiger partial charge in [-0.1, -0.05) is 12.1 Å². The Labute approximate surface area is 178 Å². The fourth-order valence-corrected chi connectivity index (χ4v) is 4.56. The van der Waals surface area contributed by atoms with E-state index in [1.54, 1.807) is 18.2 Å². The molecule has 3 aliphatic heterocycles. The number of aryl methyl sites for hydroxylation is 1. The molecule has 160 valence electrons. The summed E-state index contributed by atoms with van der Waals surface area (Å²) in [5.74, 6) is -1.23. The van der Waals surface area contributed by atoms with Crippen LogP contribution in [0.1, 0.15) is 50.4 Å². The van der Waals surface area contributed by atoms with E-state index in [1.165, 1.54) is 0 Å². The van der Waals surface area contributed by atoms with Crippen molar-refractivity contribution in [3.8, 4) is 0 Å². The van der Waals surface area contributed by atoms with E-state index in [0.29, 0.717) is 17.7 Å². The molecule has 2 aromatic rings. The molecule has 3 N–H and O–H groups in total. The Morgan fingerprint density at radius 1 is 1.16 bits per heavy atom. The molecule has 0 aliphatic carbocycles. The molecule has 1 unspecified atom stereocenters. The molecule has 1 fully saturated rings. The third-order valence-corrected chi connectivity index (χ3v) is 6.12. The van der Waals surface area contributed by atoms with Crippen LogP contribution in [0.25, 0.3) is 0 Å². The van der Waals surface area contributed by atoms with E-state index >= 15 is 0 Å². The largest absolute Gasteiger partial charge is 0.364 e. The summed E-state index contributed by atoms with van der Waals surface area (Å²) in [4.78, 5) is 50.8. The predicted molar refractivity (Wildman–Crippen MR) is 109 cm³/mol. The molecule has 0 radical (unpaired) electrons. The van der Waals surface area contributed by atoms with Crippen molar-refractivity contribution >= 4 is 29.4 Å². The van der Waals surface area contributed by atoms with Crippen LogP contribution in [0.4, 0.5) is 5.82 Å². The molecule has 1 aromatic carbocycles. The van der Waals surface area contributed by atoms with Gasteiger partial charge in [-0.15, -0.1) is 0 Å². The summed E-state index contributed by atoms with van der Waals surface area (Å²) < 4.78 is 1.85. The Kier molecular flexibility index (Phi) is 4.58. The van der Waals surface area contributed by atoms with Crippen LogP contribution < -0.4 is 16.0 Å². The second-order valence-corrected chi connectivity index (χ2v) is 7.96. The number of hydrogen-bond acceptors (Lipinski definition) is 7. The van der Waals surface area contributed by atoms with Gasteiger partial charge in [0.15, 0.2) is 5.82 Å². The number of amides is 4. The van der Waals surface area contributed by atoms with Crippen molar-refractivity contribution in [2.45, 2.75) is 38.4 Å². The van der Waals surface area contributed by atoms with Gasteiger partial charge in [0.25, 0.3) is 11.8 Å². The standard InChI is InChI=1S/C21H22N6O4/c1-26-15-10-22-8-7-12(15)18(25-26)23-9-11-3-2-4-13-17(11)21(31)27(20(13)30)14-5-6-16(28)24-19(14)29/h2-4,14,22H,5-10H2,1H3,(H,23,25)(H,24,28,29). The van der Waals surface area contributed by atoms with Gasteiger partial charge in [0.2, 0.25) is 11.8 Å². The minimum absolute atomic E-state index is 0.0951. The lowest BCUT2D eigenvalue weighted by Gasteiger charge is -2.27. The first-order valence-electron chi connectivity index (χ1n) is 10.3. The third-order valence-electron chi connectivity index (χ3n) is 6.12. The fourth-order valence-electron chi connectivity index (χ4n) is 4.56. The number of nitrogens with zero attached hydrogens (tertiary/aromatic N) is 3. The van der Waals surface area contributed by atoms with E-state index in [9.17, 15) is 19.2 Å². The molecule has 0 bridgehead atoms. The van der Waals surface area contributed by atoms with Gasteiger partial charge >= 0.3 is 0 Å². The van der Waals surface area contributed by atoms with Gasteiger partial charge in [-0.05, 0) is 31.0 Å². The number of piperidine rings is 1. The van der Waals surface area contributed by atoms with Crippen molar-refractivity contribution in [3.63, 3.8) is 0 Å². The van der Waals surface area contributed by atoms with Crippen LogP contribution in [0, 0.1) is 0 Å². The lowest BCUT2D eigenvalue weighted by Crippen LogP contribution is -2.54. The zero-order valence-corrected chi connectivity index (χ0v) is 17.0. The highest BCUT2D eigenvalue weighted by Crippen LogP contribution is 2.31. The maximum atomic E-state index is 13.2. The van der Waals surface area contributed by atoms with Gasteiger partial charge in [0.1, 0.15) is 6.04 Å². The minimum atomic E-state index is -0.971. The van der Waals surface area contributed by atoms with Gasteiger partial charge in [-0.3, -0.25) is 34.1 Å². The molecule has 0 saturated carbocycles. The number of nitrogens with one attached hydrogen (secondary N) is 3. The number of imide groups is 2. The number of hydrogen-bond donors (Lipinski definition) is 3. The molecule has 1 atom stereocenters. The summed E-state index contributed by atoms with van der Waals surface area (Å²) in [7, 11) is 1.90. The summed E-state index contributed by atoms with van der Waals surface area (Å²) in [5.41, 5.74) is 3.53. The summed E-state index contributed by atoms with van der Waals surface area (Å²) in [6.45, 7) is 1.96. The number of benzene rings is 1. The van der Waals surface area contributed by atoms with Crippen molar-refractivity contribution in [2.75, 3.05) is 11.9 Å². The summed E-state index contributed by atoms with van der Waals surface area (Å²) in [6, 6.07) is 4.15. The maximum absolute atomic E-state index is 13.2. The molecular weight excluding hydrogens is 400 g/mol. The SMILES string of the molecule is Cn1nc(NCc2cccc3c2C(=O)N(C2CCC(=O)NC2=O)C3=O)c2c1CNCC2. The number of carbonyl (C=O) groups is 4. The van der Waals surface area contributed by atoms with Crippen LogP contribution in [-0.2, 0) is 36.1 Å². The van der Waals surface area contributed by atoms with Gasteiger partial charge < -0.3 is 10.6 Å². The Morgan fingerprint density at radius 3 is 2.81 bits per heavy atom. The van der Waals surface area contributed by atoms with Crippen LogP contribution in [0.2, 0.25) is 0 Å². The van der Waals surface area contributed by atoms with Crippen molar-refractivity contribution in [1.29, 1.82) is 0 Å². The number of rotatable bonds is 4. The zero-order valence-electron chi connectivity index (χ0n) is 17.0. The molecular formula is C21H22N6O4. The highest BCUT2D eigenvalue weighted by molar-refractivity contribution is 6.24. The molecule has 1 saturated heterocycles. The second-order valence-electron chi connectivity index (χ2n) is 7.96. The summed E-state index contributed by atoms with van der Waals surface area (Å²) in [6.07, 6.45) is 1.09. The van der Waals surface area contributed by atoms with Crippen molar-refractivity contribution in [1.82, 2.24) is 25.3 Å². The molecule has 10 nitrogen and oxygen atoms in total. The summed E-state index contributed by atoms with van der Waals surface area (Å²) in [5, 5.41) is 13.4. The van der Waals surface area contributed by atoms with Gasteiger partial charge in [0.05, 0.1) is 16.8 Å². The fraction of sp³-hybridized carbons (Fsp3) is 0.381. The average Bonchev–Trinajstić information content (AvgIpc) is 3.21. The molecule has 4 heterocycles. The molecule has 5 rings (SSSR count). The monoisotopic (exact) mass is 422 g/mol. The number of fused-ring (bicyclic) bond motifs is 2. The molecule has 0 spiro atoms. The Hall–Kier alpha value is -3.53. The van der Waals surface area contributed by atoms with Crippen LogP contribution in [0.5, 0.6) is 0 Å².